The van der Waals surface area contributed by atoms with Crippen LogP contribution in [0.5, 0.6) is 0 Å². The van der Waals surface area contributed by atoms with Crippen LogP contribution in [0.15, 0.2) is 42.5 Å². The van der Waals surface area contributed by atoms with Crippen LogP contribution in [-0.2, 0) is 16.0 Å². The van der Waals surface area contributed by atoms with Crippen molar-refractivity contribution in [2.75, 3.05) is 26.7 Å². The van der Waals surface area contributed by atoms with Gasteiger partial charge in [0, 0.05) is 20.1 Å². The van der Waals surface area contributed by atoms with Gasteiger partial charge in [-0.1, -0.05) is 42.5 Å². The average molecular weight is 312 g/mol. The van der Waals surface area contributed by atoms with Crippen molar-refractivity contribution in [1.29, 1.82) is 0 Å². The summed E-state index contributed by atoms with van der Waals surface area (Å²) in [5.74, 6) is -0.0508. The fourth-order valence-electron chi connectivity index (χ4n) is 2.63. The Balaban J connectivity index is 2.00. The Bertz CT molecular complexity index is 693. The molecule has 0 fully saturated rings. The predicted octanol–water partition coefficient (Wildman–Crippen LogP) is 2.71. The van der Waals surface area contributed by atoms with Gasteiger partial charge in [0.1, 0.15) is 0 Å². The molecule has 0 spiro atoms. The fraction of sp³-hybridized carbons (Fsp3) is 0.368. The van der Waals surface area contributed by atoms with Gasteiger partial charge in [0.05, 0.1) is 13.0 Å². The van der Waals surface area contributed by atoms with Crippen LogP contribution in [0.1, 0.15) is 19.4 Å². The first kappa shape index (κ1) is 17.0. The normalized spacial score (nSPS) is 10.6. The molecule has 23 heavy (non-hydrogen) atoms. The molecule has 0 saturated carbocycles. The van der Waals surface area contributed by atoms with Crippen molar-refractivity contribution in [2.24, 2.45) is 0 Å². The number of fused-ring (bicyclic) bond motifs is 1. The lowest BCUT2D eigenvalue weighted by Crippen LogP contribution is -2.41. The van der Waals surface area contributed by atoms with Crippen molar-refractivity contribution in [3.8, 4) is 0 Å². The van der Waals surface area contributed by atoms with Gasteiger partial charge in [-0.25, -0.2) is 0 Å². The number of hydrogen-bond donors (Lipinski definition) is 0. The van der Waals surface area contributed by atoms with E-state index in [1.807, 2.05) is 50.2 Å². The van der Waals surface area contributed by atoms with Gasteiger partial charge in [-0.3, -0.25) is 9.59 Å². The van der Waals surface area contributed by atoms with Crippen molar-refractivity contribution in [3.63, 3.8) is 0 Å². The van der Waals surface area contributed by atoms with E-state index >= 15 is 0 Å². The third-order valence-electron chi connectivity index (χ3n) is 4.08. The second-order valence-electron chi connectivity index (χ2n) is 5.67. The minimum absolute atomic E-state index is 0.00985. The molecule has 2 amide bonds. The highest BCUT2D eigenvalue weighted by Gasteiger charge is 2.16. The zero-order valence-corrected chi connectivity index (χ0v) is 14.1. The van der Waals surface area contributed by atoms with E-state index in [1.165, 1.54) is 4.90 Å². The number of nitrogens with zero attached hydrogens (tertiary/aromatic N) is 2. The molecule has 0 aliphatic rings. The number of carbonyl (C=O) groups excluding carboxylic acids is 2. The van der Waals surface area contributed by atoms with Crippen molar-refractivity contribution in [2.45, 2.75) is 20.3 Å². The van der Waals surface area contributed by atoms with E-state index in [1.54, 1.807) is 11.9 Å². The lowest BCUT2D eigenvalue weighted by molar-refractivity contribution is -0.138. The summed E-state index contributed by atoms with van der Waals surface area (Å²) in [5.41, 5.74) is 0.968. The van der Waals surface area contributed by atoms with Crippen molar-refractivity contribution >= 4 is 22.6 Å². The number of carbonyl (C=O) groups is 2. The summed E-state index contributed by atoms with van der Waals surface area (Å²) in [7, 11) is 1.69. The average Bonchev–Trinajstić information content (AvgIpc) is 2.55. The number of rotatable bonds is 6. The largest absolute Gasteiger partial charge is 0.342 e. The molecule has 0 aromatic heterocycles. The van der Waals surface area contributed by atoms with E-state index in [0.717, 1.165) is 16.3 Å². The molecule has 0 aliphatic heterocycles. The summed E-state index contributed by atoms with van der Waals surface area (Å²) < 4.78 is 0. The number of likely N-dealkylation sites (N-methyl/N-ethyl adjacent to an activating group) is 2. The second kappa shape index (κ2) is 7.77. The summed E-state index contributed by atoms with van der Waals surface area (Å²) in [4.78, 5) is 27.7. The summed E-state index contributed by atoms with van der Waals surface area (Å²) in [5, 5.41) is 2.29. The molecule has 0 radical (unpaired) electrons. The third-order valence-corrected chi connectivity index (χ3v) is 4.08. The molecule has 0 atom stereocenters. The van der Waals surface area contributed by atoms with E-state index in [-0.39, 0.29) is 18.4 Å². The van der Waals surface area contributed by atoms with Crippen LogP contribution in [-0.4, -0.2) is 48.3 Å². The molecular formula is C19H24N2O2. The van der Waals surface area contributed by atoms with Crippen LogP contribution in [0.4, 0.5) is 0 Å². The van der Waals surface area contributed by atoms with Gasteiger partial charge in [0.2, 0.25) is 11.8 Å². The highest BCUT2D eigenvalue weighted by atomic mass is 16.2. The first-order chi connectivity index (χ1) is 11.0. The molecule has 0 bridgehead atoms. The first-order valence-corrected chi connectivity index (χ1v) is 8.04. The van der Waals surface area contributed by atoms with Crippen molar-refractivity contribution < 1.29 is 9.59 Å². The van der Waals surface area contributed by atoms with Crippen LogP contribution in [0, 0.1) is 0 Å². The molecule has 122 valence electrons. The van der Waals surface area contributed by atoms with Gasteiger partial charge >= 0.3 is 0 Å². The van der Waals surface area contributed by atoms with Crippen LogP contribution in [0.25, 0.3) is 10.8 Å². The predicted molar refractivity (Wildman–Crippen MR) is 93.2 cm³/mol. The third kappa shape index (κ3) is 4.31. The van der Waals surface area contributed by atoms with Crippen LogP contribution in [0.2, 0.25) is 0 Å². The molecule has 0 aliphatic carbocycles. The molecule has 2 rings (SSSR count). The molecule has 4 nitrogen and oxygen atoms in total. The van der Waals surface area contributed by atoms with E-state index < -0.39 is 0 Å². The molecule has 2 aromatic carbocycles. The maximum absolute atomic E-state index is 12.3. The van der Waals surface area contributed by atoms with E-state index in [9.17, 15) is 9.59 Å². The lowest BCUT2D eigenvalue weighted by atomic mass is 10.0. The van der Waals surface area contributed by atoms with Crippen LogP contribution < -0.4 is 0 Å². The lowest BCUT2D eigenvalue weighted by Gasteiger charge is -2.23. The Morgan fingerprint density at radius 2 is 1.57 bits per heavy atom. The molecule has 0 saturated heterocycles. The summed E-state index contributed by atoms with van der Waals surface area (Å²) >= 11 is 0. The Morgan fingerprint density at radius 3 is 2.22 bits per heavy atom. The fourth-order valence-corrected chi connectivity index (χ4v) is 2.63. The van der Waals surface area contributed by atoms with Crippen molar-refractivity contribution in [1.82, 2.24) is 9.80 Å². The van der Waals surface area contributed by atoms with E-state index in [2.05, 4.69) is 6.07 Å². The molecule has 0 unspecified atom stereocenters. The van der Waals surface area contributed by atoms with Gasteiger partial charge in [-0.05, 0) is 30.2 Å². The molecule has 4 heteroatoms. The zero-order chi connectivity index (χ0) is 16.8. The van der Waals surface area contributed by atoms with Crippen LogP contribution in [0.3, 0.4) is 0 Å². The first-order valence-electron chi connectivity index (χ1n) is 8.04. The van der Waals surface area contributed by atoms with E-state index in [4.69, 9.17) is 0 Å². The number of hydrogen-bond acceptors (Lipinski definition) is 2. The number of amides is 2. The Morgan fingerprint density at radius 1 is 0.913 bits per heavy atom. The smallest absolute Gasteiger partial charge is 0.242 e. The van der Waals surface area contributed by atoms with Crippen LogP contribution >= 0.6 is 0 Å². The zero-order valence-electron chi connectivity index (χ0n) is 14.1. The minimum atomic E-state index is -0.0409. The number of benzene rings is 2. The van der Waals surface area contributed by atoms with Gasteiger partial charge in [-0.2, -0.15) is 0 Å². The SMILES string of the molecule is CCN(CC)C(=O)CN(C)C(=O)Cc1ccc2ccccc2c1. The quantitative estimate of drug-likeness (QED) is 0.823. The summed E-state index contributed by atoms with van der Waals surface area (Å²) in [6.07, 6.45) is 0.312. The maximum atomic E-state index is 12.3. The monoisotopic (exact) mass is 312 g/mol. The van der Waals surface area contributed by atoms with Gasteiger partial charge in [0.25, 0.3) is 0 Å². The molecule has 0 N–H and O–H groups in total. The molecular weight excluding hydrogens is 288 g/mol. The molecule has 0 heterocycles. The highest BCUT2D eigenvalue weighted by Crippen LogP contribution is 2.16. The highest BCUT2D eigenvalue weighted by molar-refractivity contribution is 5.87. The maximum Gasteiger partial charge on any atom is 0.242 e. The van der Waals surface area contributed by atoms with Crippen molar-refractivity contribution in [3.05, 3.63) is 48.0 Å². The minimum Gasteiger partial charge on any atom is -0.342 e. The Kier molecular flexibility index (Phi) is 5.74. The summed E-state index contributed by atoms with van der Waals surface area (Å²) in [6, 6.07) is 14.1. The topological polar surface area (TPSA) is 40.6 Å². The second-order valence-corrected chi connectivity index (χ2v) is 5.67. The standard InChI is InChI=1S/C19H24N2O2/c1-4-21(5-2)19(23)14-20(3)18(22)13-15-10-11-16-8-6-7-9-17(16)12-15/h6-12H,4-5,13-14H2,1-3H3. The molecule has 2 aromatic rings. The van der Waals surface area contributed by atoms with Gasteiger partial charge < -0.3 is 9.80 Å². The van der Waals surface area contributed by atoms with Gasteiger partial charge in [-0.15, -0.1) is 0 Å². The Hall–Kier alpha value is -2.36. The van der Waals surface area contributed by atoms with E-state index in [0.29, 0.717) is 19.5 Å². The van der Waals surface area contributed by atoms with Gasteiger partial charge in [0.15, 0.2) is 0 Å². The Labute approximate surface area is 137 Å². The summed E-state index contributed by atoms with van der Waals surface area (Å²) in [6.45, 7) is 5.36.